The minimum atomic E-state index is -0.477. The van der Waals surface area contributed by atoms with Gasteiger partial charge < -0.3 is 24.6 Å². The van der Waals surface area contributed by atoms with Crippen LogP contribution in [0.2, 0.25) is 0 Å². The molecule has 0 aliphatic heterocycles. The van der Waals surface area contributed by atoms with Crippen molar-refractivity contribution in [3.8, 4) is 29.1 Å². The molecular weight excluding hydrogens is 360 g/mol. The number of nitrogens with one attached hydrogen (secondary N) is 1. The van der Waals surface area contributed by atoms with Gasteiger partial charge in [-0.15, -0.1) is 0 Å². The molecule has 2 aromatic rings. The van der Waals surface area contributed by atoms with E-state index in [9.17, 15) is 15.2 Å². The topological polar surface area (TPSA) is 101 Å². The molecule has 0 unspecified atom stereocenters. The van der Waals surface area contributed by atoms with Crippen LogP contribution in [0.25, 0.3) is 6.08 Å². The third-order valence-corrected chi connectivity index (χ3v) is 4.03. The predicted octanol–water partition coefficient (Wildman–Crippen LogP) is 2.68. The van der Waals surface area contributed by atoms with Crippen LogP contribution < -0.4 is 19.5 Å². The highest BCUT2D eigenvalue weighted by Gasteiger charge is 2.10. The quantitative estimate of drug-likeness (QED) is 0.538. The van der Waals surface area contributed by atoms with E-state index >= 15 is 0 Å². The number of phenols is 1. The summed E-state index contributed by atoms with van der Waals surface area (Å²) in [5, 5.41) is 21.6. The average Bonchev–Trinajstić information content (AvgIpc) is 2.72. The third-order valence-electron chi connectivity index (χ3n) is 4.03. The molecular formula is C21H22N2O5. The van der Waals surface area contributed by atoms with Gasteiger partial charge in [0.2, 0.25) is 0 Å². The van der Waals surface area contributed by atoms with Gasteiger partial charge in [-0.3, -0.25) is 4.79 Å². The molecule has 0 saturated carbocycles. The van der Waals surface area contributed by atoms with Crippen molar-refractivity contribution in [1.82, 2.24) is 5.32 Å². The number of aromatic hydroxyl groups is 1. The molecule has 0 aliphatic rings. The van der Waals surface area contributed by atoms with Gasteiger partial charge in [0.05, 0.1) is 21.3 Å². The van der Waals surface area contributed by atoms with Crippen molar-refractivity contribution in [3.05, 3.63) is 53.1 Å². The van der Waals surface area contributed by atoms with Crippen LogP contribution in [0.5, 0.6) is 23.0 Å². The van der Waals surface area contributed by atoms with E-state index in [0.717, 1.165) is 5.56 Å². The Morgan fingerprint density at radius 3 is 2.43 bits per heavy atom. The number of phenolic OH excluding ortho intramolecular Hbond substituents is 1. The Morgan fingerprint density at radius 2 is 1.79 bits per heavy atom. The second-order valence-electron chi connectivity index (χ2n) is 5.80. The smallest absolute Gasteiger partial charge is 0.261 e. The van der Waals surface area contributed by atoms with Crippen molar-refractivity contribution >= 4 is 12.0 Å². The van der Waals surface area contributed by atoms with Crippen LogP contribution in [0.3, 0.4) is 0 Å². The molecule has 7 nitrogen and oxygen atoms in total. The van der Waals surface area contributed by atoms with Gasteiger partial charge in [0.1, 0.15) is 11.6 Å². The number of nitriles is 1. The second kappa shape index (κ2) is 9.88. The number of nitrogens with zero attached hydrogens (tertiary/aromatic N) is 1. The van der Waals surface area contributed by atoms with Crippen LogP contribution in [0.4, 0.5) is 0 Å². The Balaban J connectivity index is 2.02. The lowest BCUT2D eigenvalue weighted by Crippen LogP contribution is -2.26. The van der Waals surface area contributed by atoms with E-state index in [0.29, 0.717) is 30.0 Å². The van der Waals surface area contributed by atoms with Gasteiger partial charge in [-0.2, -0.15) is 5.26 Å². The van der Waals surface area contributed by atoms with Gasteiger partial charge in [-0.1, -0.05) is 12.1 Å². The molecule has 0 atom stereocenters. The third kappa shape index (κ3) is 5.17. The Morgan fingerprint density at radius 1 is 1.07 bits per heavy atom. The van der Waals surface area contributed by atoms with Crippen molar-refractivity contribution in [2.75, 3.05) is 27.9 Å². The summed E-state index contributed by atoms with van der Waals surface area (Å²) in [6.07, 6.45) is 2.01. The maximum absolute atomic E-state index is 12.3. The van der Waals surface area contributed by atoms with Crippen LogP contribution in [0.15, 0.2) is 42.0 Å². The fourth-order valence-electron chi connectivity index (χ4n) is 2.55. The Bertz CT molecular complexity index is 915. The molecule has 0 saturated heterocycles. The maximum atomic E-state index is 12.3. The summed E-state index contributed by atoms with van der Waals surface area (Å²) >= 11 is 0. The largest absolute Gasteiger partial charge is 0.504 e. The number of ether oxygens (including phenoxy) is 3. The standard InChI is InChI=1S/C21H22N2O5/c1-26-18-7-5-14(11-20(18)28-3)8-9-23-21(25)16(13-22)10-15-4-6-17(24)19(12-15)27-2/h4-7,10-12,24H,8-9H2,1-3H3,(H,23,25)/b16-10+. The molecule has 0 aromatic heterocycles. The minimum absolute atomic E-state index is 0.0162. The van der Waals surface area contributed by atoms with Crippen LogP contribution in [-0.4, -0.2) is 38.9 Å². The summed E-state index contributed by atoms with van der Waals surface area (Å²) in [4.78, 5) is 12.3. The van der Waals surface area contributed by atoms with Crippen molar-refractivity contribution < 1.29 is 24.1 Å². The fraction of sp³-hybridized carbons (Fsp3) is 0.238. The Hall–Kier alpha value is -3.66. The van der Waals surface area contributed by atoms with Crippen LogP contribution in [-0.2, 0) is 11.2 Å². The van der Waals surface area contributed by atoms with Crippen molar-refractivity contribution in [3.63, 3.8) is 0 Å². The second-order valence-corrected chi connectivity index (χ2v) is 5.80. The van der Waals surface area contributed by atoms with Crippen molar-refractivity contribution in [2.45, 2.75) is 6.42 Å². The van der Waals surface area contributed by atoms with Gasteiger partial charge >= 0.3 is 0 Å². The van der Waals surface area contributed by atoms with E-state index in [1.807, 2.05) is 18.2 Å². The van der Waals surface area contributed by atoms with Crippen molar-refractivity contribution in [2.24, 2.45) is 0 Å². The molecule has 1 amide bonds. The molecule has 2 aromatic carbocycles. The molecule has 0 bridgehead atoms. The number of rotatable bonds is 8. The summed E-state index contributed by atoms with van der Waals surface area (Å²) in [6, 6.07) is 12.0. The van der Waals surface area contributed by atoms with Crippen LogP contribution in [0.1, 0.15) is 11.1 Å². The number of carbonyl (C=O) groups is 1. The Labute approximate surface area is 163 Å². The molecule has 0 aliphatic carbocycles. The molecule has 7 heteroatoms. The van der Waals surface area contributed by atoms with E-state index in [4.69, 9.17) is 14.2 Å². The molecule has 2 N–H and O–H groups in total. The molecule has 0 fully saturated rings. The van der Waals surface area contributed by atoms with E-state index in [2.05, 4.69) is 5.32 Å². The number of methoxy groups -OCH3 is 3. The SMILES string of the molecule is COc1cc(/C=C(\C#N)C(=O)NCCc2ccc(OC)c(OC)c2)ccc1O. The summed E-state index contributed by atoms with van der Waals surface area (Å²) in [6.45, 7) is 0.353. The summed E-state index contributed by atoms with van der Waals surface area (Å²) in [5.74, 6) is 1.02. The molecule has 0 radical (unpaired) electrons. The summed E-state index contributed by atoms with van der Waals surface area (Å²) in [5.41, 5.74) is 1.49. The van der Waals surface area contributed by atoms with Gasteiger partial charge in [0, 0.05) is 6.54 Å². The molecule has 146 valence electrons. The highest BCUT2D eigenvalue weighted by molar-refractivity contribution is 6.01. The lowest BCUT2D eigenvalue weighted by Gasteiger charge is -2.10. The molecule has 0 heterocycles. The summed E-state index contributed by atoms with van der Waals surface area (Å²) < 4.78 is 15.5. The number of benzene rings is 2. The molecule has 2 rings (SSSR count). The van der Waals surface area contributed by atoms with Gasteiger partial charge in [-0.25, -0.2) is 0 Å². The first-order valence-electron chi connectivity index (χ1n) is 8.50. The maximum Gasteiger partial charge on any atom is 0.261 e. The first-order valence-corrected chi connectivity index (χ1v) is 8.50. The van der Waals surface area contributed by atoms with Crippen molar-refractivity contribution in [1.29, 1.82) is 5.26 Å². The van der Waals surface area contributed by atoms with E-state index < -0.39 is 5.91 Å². The number of hydrogen-bond donors (Lipinski definition) is 2. The first kappa shape index (κ1) is 20.6. The monoisotopic (exact) mass is 382 g/mol. The number of hydrogen-bond acceptors (Lipinski definition) is 6. The minimum Gasteiger partial charge on any atom is -0.504 e. The predicted molar refractivity (Wildman–Crippen MR) is 105 cm³/mol. The number of amides is 1. The number of carbonyl (C=O) groups excluding carboxylic acids is 1. The highest BCUT2D eigenvalue weighted by Crippen LogP contribution is 2.28. The average molecular weight is 382 g/mol. The van der Waals surface area contributed by atoms with E-state index in [1.165, 1.54) is 19.3 Å². The van der Waals surface area contributed by atoms with E-state index in [-0.39, 0.29) is 17.1 Å². The van der Waals surface area contributed by atoms with Crippen LogP contribution >= 0.6 is 0 Å². The lowest BCUT2D eigenvalue weighted by molar-refractivity contribution is -0.117. The molecule has 0 spiro atoms. The van der Waals surface area contributed by atoms with E-state index in [1.54, 1.807) is 32.4 Å². The van der Waals surface area contributed by atoms with Crippen LogP contribution in [0, 0.1) is 11.3 Å². The lowest BCUT2D eigenvalue weighted by atomic mass is 10.1. The van der Waals surface area contributed by atoms with Gasteiger partial charge in [0.15, 0.2) is 23.0 Å². The summed E-state index contributed by atoms with van der Waals surface area (Å²) in [7, 11) is 4.55. The zero-order chi connectivity index (χ0) is 20.5. The highest BCUT2D eigenvalue weighted by atomic mass is 16.5. The molecule has 28 heavy (non-hydrogen) atoms. The van der Waals surface area contributed by atoms with Gasteiger partial charge in [0.25, 0.3) is 5.91 Å². The zero-order valence-corrected chi connectivity index (χ0v) is 16.0. The van der Waals surface area contributed by atoms with Gasteiger partial charge in [-0.05, 0) is 47.9 Å². The zero-order valence-electron chi connectivity index (χ0n) is 16.0. The fourth-order valence-corrected chi connectivity index (χ4v) is 2.55. The first-order chi connectivity index (χ1) is 13.5. The normalized spacial score (nSPS) is 10.7. The Kier molecular flexibility index (Phi) is 7.28.